The number of rotatable bonds is 3. The standard InChI is InChI=1S/C11H19N5O/c1-3-17-11-14-9(12)13-10(15-11)16-7-5-4-6-8(16)2/h8H,3-7H2,1-2H3,(H2,12,13,14,15). The maximum Gasteiger partial charge on any atom is 0.323 e. The molecule has 17 heavy (non-hydrogen) atoms. The lowest BCUT2D eigenvalue weighted by molar-refractivity contribution is 0.311. The van der Waals surface area contributed by atoms with E-state index in [1.165, 1.54) is 12.8 Å². The Labute approximate surface area is 101 Å². The van der Waals surface area contributed by atoms with Gasteiger partial charge in [0, 0.05) is 12.6 Å². The van der Waals surface area contributed by atoms with E-state index < -0.39 is 0 Å². The van der Waals surface area contributed by atoms with E-state index in [4.69, 9.17) is 10.5 Å². The normalized spacial score (nSPS) is 20.4. The van der Waals surface area contributed by atoms with Gasteiger partial charge < -0.3 is 15.4 Å². The molecule has 2 heterocycles. The first-order valence-corrected chi connectivity index (χ1v) is 6.11. The number of hydrogen-bond acceptors (Lipinski definition) is 6. The minimum atomic E-state index is 0.219. The molecule has 0 amide bonds. The highest BCUT2D eigenvalue weighted by molar-refractivity contribution is 5.37. The fraction of sp³-hybridized carbons (Fsp3) is 0.727. The molecule has 6 heteroatoms. The van der Waals surface area contributed by atoms with Crippen LogP contribution in [-0.4, -0.2) is 34.1 Å². The average Bonchev–Trinajstić information content (AvgIpc) is 2.29. The highest BCUT2D eigenvalue weighted by Crippen LogP contribution is 2.22. The summed E-state index contributed by atoms with van der Waals surface area (Å²) in [6.45, 7) is 5.57. The van der Waals surface area contributed by atoms with E-state index in [-0.39, 0.29) is 5.95 Å². The Morgan fingerprint density at radius 1 is 1.35 bits per heavy atom. The summed E-state index contributed by atoms with van der Waals surface area (Å²) in [6, 6.07) is 0.757. The van der Waals surface area contributed by atoms with Gasteiger partial charge in [0.2, 0.25) is 11.9 Å². The second kappa shape index (κ2) is 5.16. The van der Waals surface area contributed by atoms with E-state index in [0.717, 1.165) is 13.0 Å². The zero-order valence-corrected chi connectivity index (χ0v) is 10.4. The molecule has 1 atom stereocenters. The molecule has 0 spiro atoms. The number of ether oxygens (including phenoxy) is 1. The summed E-state index contributed by atoms with van der Waals surface area (Å²) in [5.41, 5.74) is 5.67. The van der Waals surface area contributed by atoms with E-state index in [0.29, 0.717) is 24.6 Å². The lowest BCUT2D eigenvalue weighted by Gasteiger charge is -2.33. The van der Waals surface area contributed by atoms with Gasteiger partial charge in [0.1, 0.15) is 0 Å². The quantitative estimate of drug-likeness (QED) is 0.852. The van der Waals surface area contributed by atoms with Crippen LogP contribution in [0.1, 0.15) is 33.1 Å². The number of nitrogens with two attached hydrogens (primary N) is 1. The van der Waals surface area contributed by atoms with Crippen LogP contribution >= 0.6 is 0 Å². The molecule has 1 aliphatic heterocycles. The molecule has 0 radical (unpaired) electrons. The predicted octanol–water partition coefficient (Wildman–Crippen LogP) is 1.23. The maximum atomic E-state index is 5.67. The number of nitrogens with zero attached hydrogens (tertiary/aromatic N) is 4. The molecular formula is C11H19N5O. The van der Waals surface area contributed by atoms with Gasteiger partial charge in [-0.1, -0.05) is 0 Å². The molecule has 1 saturated heterocycles. The third-order valence-corrected chi connectivity index (χ3v) is 2.95. The summed E-state index contributed by atoms with van der Waals surface area (Å²) in [5.74, 6) is 0.851. The Bertz CT molecular complexity index is 384. The zero-order chi connectivity index (χ0) is 12.3. The van der Waals surface area contributed by atoms with Crippen molar-refractivity contribution in [2.75, 3.05) is 23.8 Å². The average molecular weight is 237 g/mol. The van der Waals surface area contributed by atoms with Crippen molar-refractivity contribution < 1.29 is 4.74 Å². The minimum Gasteiger partial charge on any atom is -0.464 e. The summed E-state index contributed by atoms with van der Waals surface area (Å²) in [5, 5.41) is 0. The van der Waals surface area contributed by atoms with Crippen molar-refractivity contribution in [3.8, 4) is 6.01 Å². The molecule has 0 aliphatic carbocycles. The Hall–Kier alpha value is -1.59. The molecule has 1 fully saturated rings. The van der Waals surface area contributed by atoms with Crippen molar-refractivity contribution in [3.63, 3.8) is 0 Å². The Morgan fingerprint density at radius 3 is 2.88 bits per heavy atom. The van der Waals surface area contributed by atoms with E-state index in [2.05, 4.69) is 26.8 Å². The minimum absolute atomic E-state index is 0.219. The summed E-state index contributed by atoms with van der Waals surface area (Å²) < 4.78 is 5.28. The van der Waals surface area contributed by atoms with Crippen LogP contribution in [-0.2, 0) is 0 Å². The maximum absolute atomic E-state index is 5.67. The monoisotopic (exact) mass is 237 g/mol. The topological polar surface area (TPSA) is 77.2 Å². The molecule has 1 unspecified atom stereocenters. The Kier molecular flexibility index (Phi) is 3.61. The molecule has 0 aromatic carbocycles. The van der Waals surface area contributed by atoms with Gasteiger partial charge >= 0.3 is 6.01 Å². The lowest BCUT2D eigenvalue weighted by Crippen LogP contribution is -2.38. The number of nitrogen functional groups attached to an aromatic ring is 1. The van der Waals surface area contributed by atoms with Gasteiger partial charge in [-0.05, 0) is 33.1 Å². The van der Waals surface area contributed by atoms with Gasteiger partial charge in [-0.3, -0.25) is 0 Å². The number of aromatic nitrogens is 3. The van der Waals surface area contributed by atoms with Crippen molar-refractivity contribution >= 4 is 11.9 Å². The smallest absolute Gasteiger partial charge is 0.323 e. The van der Waals surface area contributed by atoms with Gasteiger partial charge in [-0.25, -0.2) is 0 Å². The number of anilines is 2. The van der Waals surface area contributed by atoms with Crippen molar-refractivity contribution in [2.24, 2.45) is 0 Å². The first kappa shape index (κ1) is 11.9. The van der Waals surface area contributed by atoms with E-state index >= 15 is 0 Å². The molecular weight excluding hydrogens is 218 g/mol. The molecule has 0 bridgehead atoms. The van der Waals surface area contributed by atoms with Crippen molar-refractivity contribution in [1.29, 1.82) is 0 Å². The number of hydrogen-bond donors (Lipinski definition) is 1. The molecule has 0 saturated carbocycles. The molecule has 2 rings (SSSR count). The second-order valence-corrected chi connectivity index (χ2v) is 4.25. The highest BCUT2D eigenvalue weighted by Gasteiger charge is 2.22. The van der Waals surface area contributed by atoms with Crippen LogP contribution in [0.25, 0.3) is 0 Å². The first-order chi connectivity index (χ1) is 8.20. The third kappa shape index (κ3) is 2.75. The SMILES string of the molecule is CCOc1nc(N)nc(N2CCCCC2C)n1. The lowest BCUT2D eigenvalue weighted by atomic mass is 10.0. The van der Waals surface area contributed by atoms with Gasteiger partial charge in [0.25, 0.3) is 0 Å². The van der Waals surface area contributed by atoms with Crippen LogP contribution in [0.3, 0.4) is 0 Å². The molecule has 6 nitrogen and oxygen atoms in total. The van der Waals surface area contributed by atoms with Crippen LogP contribution in [0, 0.1) is 0 Å². The van der Waals surface area contributed by atoms with Crippen molar-refractivity contribution in [2.45, 2.75) is 39.2 Å². The first-order valence-electron chi connectivity index (χ1n) is 6.11. The summed E-state index contributed by atoms with van der Waals surface area (Å²) in [6.07, 6.45) is 3.59. The molecule has 94 valence electrons. The van der Waals surface area contributed by atoms with Crippen LogP contribution in [0.4, 0.5) is 11.9 Å². The van der Waals surface area contributed by atoms with E-state index in [9.17, 15) is 0 Å². The molecule has 1 aromatic rings. The molecule has 2 N–H and O–H groups in total. The van der Waals surface area contributed by atoms with E-state index in [1.54, 1.807) is 0 Å². The number of piperidine rings is 1. The molecule has 1 aliphatic rings. The Morgan fingerprint density at radius 2 is 2.18 bits per heavy atom. The fourth-order valence-corrected chi connectivity index (χ4v) is 2.08. The Balaban J connectivity index is 2.24. The van der Waals surface area contributed by atoms with Gasteiger partial charge in [0.05, 0.1) is 6.61 Å². The van der Waals surface area contributed by atoms with Gasteiger partial charge in [-0.2, -0.15) is 15.0 Å². The van der Waals surface area contributed by atoms with Crippen LogP contribution in [0.2, 0.25) is 0 Å². The fourth-order valence-electron chi connectivity index (χ4n) is 2.08. The van der Waals surface area contributed by atoms with Crippen molar-refractivity contribution in [3.05, 3.63) is 0 Å². The highest BCUT2D eigenvalue weighted by atomic mass is 16.5. The summed E-state index contributed by atoms with van der Waals surface area (Å²) in [4.78, 5) is 14.6. The van der Waals surface area contributed by atoms with E-state index in [1.807, 2.05) is 6.92 Å². The molecule has 1 aromatic heterocycles. The van der Waals surface area contributed by atoms with Crippen LogP contribution in [0.5, 0.6) is 6.01 Å². The zero-order valence-electron chi connectivity index (χ0n) is 10.4. The summed E-state index contributed by atoms with van der Waals surface area (Å²) in [7, 11) is 0. The van der Waals surface area contributed by atoms with Crippen LogP contribution < -0.4 is 15.4 Å². The largest absolute Gasteiger partial charge is 0.464 e. The van der Waals surface area contributed by atoms with Gasteiger partial charge in [0.15, 0.2) is 0 Å². The van der Waals surface area contributed by atoms with Gasteiger partial charge in [-0.15, -0.1) is 0 Å². The van der Waals surface area contributed by atoms with Crippen LogP contribution in [0.15, 0.2) is 0 Å². The third-order valence-electron chi connectivity index (χ3n) is 2.95. The van der Waals surface area contributed by atoms with Crippen molar-refractivity contribution in [1.82, 2.24) is 15.0 Å². The second-order valence-electron chi connectivity index (χ2n) is 4.25. The predicted molar refractivity (Wildman–Crippen MR) is 66.1 cm³/mol. The summed E-state index contributed by atoms with van der Waals surface area (Å²) >= 11 is 0.